The van der Waals surface area contributed by atoms with Crippen molar-refractivity contribution < 1.29 is 18.3 Å². The number of hydrogen-bond acceptors (Lipinski definition) is 4. The molecule has 0 saturated carbocycles. The second-order valence-electron chi connectivity index (χ2n) is 6.55. The Morgan fingerprint density at radius 3 is 2.44 bits per heavy atom. The fourth-order valence-corrected chi connectivity index (χ4v) is 4.30. The van der Waals surface area contributed by atoms with Gasteiger partial charge in [0.05, 0.1) is 17.4 Å². The van der Waals surface area contributed by atoms with Gasteiger partial charge in [0, 0.05) is 23.8 Å². The highest BCUT2D eigenvalue weighted by molar-refractivity contribution is 7.92. The molecule has 8 heteroatoms. The van der Waals surface area contributed by atoms with Crippen LogP contribution in [0.4, 0.5) is 5.69 Å². The van der Waals surface area contributed by atoms with Crippen LogP contribution in [0.3, 0.4) is 0 Å². The Hall–Kier alpha value is -2.09. The molecule has 1 aliphatic heterocycles. The molecule has 144 valence electrons. The average Bonchev–Trinajstić information content (AvgIpc) is 2.63. The number of benzene rings is 2. The SMILES string of the molecule is O=C(Cc1ccc(NS(=O)(=O)c2cccc(Cl)c2)cc1)N1CCC(O)CC1. The van der Waals surface area contributed by atoms with Crippen molar-refractivity contribution in [1.82, 2.24) is 4.90 Å². The summed E-state index contributed by atoms with van der Waals surface area (Å²) in [6.07, 6.45) is 1.14. The van der Waals surface area contributed by atoms with Gasteiger partial charge in [-0.2, -0.15) is 0 Å². The first kappa shape index (κ1) is 19.7. The van der Waals surface area contributed by atoms with Crippen LogP contribution in [-0.2, 0) is 21.2 Å². The minimum absolute atomic E-state index is 0.00848. The summed E-state index contributed by atoms with van der Waals surface area (Å²) in [5.41, 5.74) is 1.21. The van der Waals surface area contributed by atoms with Crippen LogP contribution in [-0.4, -0.2) is 43.5 Å². The van der Waals surface area contributed by atoms with Crippen LogP contribution in [0, 0.1) is 0 Å². The molecule has 0 spiro atoms. The van der Waals surface area contributed by atoms with Crippen molar-refractivity contribution >= 4 is 33.2 Å². The predicted octanol–water partition coefficient (Wildman–Crippen LogP) is 2.67. The second kappa shape index (κ2) is 8.29. The quantitative estimate of drug-likeness (QED) is 0.796. The molecule has 1 amide bonds. The van der Waals surface area contributed by atoms with E-state index in [4.69, 9.17) is 11.6 Å². The van der Waals surface area contributed by atoms with E-state index in [2.05, 4.69) is 4.72 Å². The van der Waals surface area contributed by atoms with Gasteiger partial charge in [0.15, 0.2) is 0 Å². The van der Waals surface area contributed by atoms with Gasteiger partial charge in [-0.25, -0.2) is 8.42 Å². The zero-order valence-corrected chi connectivity index (χ0v) is 16.2. The van der Waals surface area contributed by atoms with Gasteiger partial charge in [0.2, 0.25) is 5.91 Å². The summed E-state index contributed by atoms with van der Waals surface area (Å²) in [4.78, 5) is 14.2. The number of amides is 1. The number of rotatable bonds is 5. The van der Waals surface area contributed by atoms with Gasteiger partial charge in [0.1, 0.15) is 0 Å². The van der Waals surface area contributed by atoms with E-state index < -0.39 is 10.0 Å². The molecule has 2 aromatic rings. The van der Waals surface area contributed by atoms with Crippen LogP contribution in [0.5, 0.6) is 0 Å². The van der Waals surface area contributed by atoms with E-state index in [0.717, 1.165) is 5.56 Å². The third kappa shape index (κ3) is 5.22. The molecule has 1 saturated heterocycles. The first-order valence-electron chi connectivity index (χ1n) is 8.67. The number of carbonyl (C=O) groups excluding carboxylic acids is 1. The highest BCUT2D eigenvalue weighted by atomic mass is 35.5. The highest BCUT2D eigenvalue weighted by Gasteiger charge is 2.21. The van der Waals surface area contributed by atoms with Crippen molar-refractivity contribution in [3.63, 3.8) is 0 Å². The number of piperidine rings is 1. The molecule has 1 heterocycles. The maximum atomic E-state index is 12.4. The third-order valence-electron chi connectivity index (χ3n) is 4.49. The summed E-state index contributed by atoms with van der Waals surface area (Å²) in [6.45, 7) is 1.13. The molecule has 0 bridgehead atoms. The van der Waals surface area contributed by atoms with Gasteiger partial charge in [0.25, 0.3) is 10.0 Å². The lowest BCUT2D eigenvalue weighted by Crippen LogP contribution is -2.40. The van der Waals surface area contributed by atoms with E-state index in [9.17, 15) is 18.3 Å². The first-order chi connectivity index (χ1) is 12.8. The molecule has 0 atom stereocenters. The topological polar surface area (TPSA) is 86.7 Å². The van der Waals surface area contributed by atoms with Gasteiger partial charge >= 0.3 is 0 Å². The monoisotopic (exact) mass is 408 g/mol. The lowest BCUT2D eigenvalue weighted by Gasteiger charge is -2.29. The Balaban J connectivity index is 1.62. The van der Waals surface area contributed by atoms with Crippen LogP contribution < -0.4 is 4.72 Å². The third-order valence-corrected chi connectivity index (χ3v) is 6.10. The number of hydrogen-bond donors (Lipinski definition) is 2. The lowest BCUT2D eigenvalue weighted by molar-refractivity contribution is -0.132. The summed E-state index contributed by atoms with van der Waals surface area (Å²) in [6, 6.07) is 12.7. The molecule has 2 aromatic carbocycles. The van der Waals surface area contributed by atoms with Crippen LogP contribution in [0.1, 0.15) is 18.4 Å². The second-order valence-corrected chi connectivity index (χ2v) is 8.67. The van der Waals surface area contributed by atoms with Crippen molar-refractivity contribution in [3.8, 4) is 0 Å². The summed E-state index contributed by atoms with van der Waals surface area (Å²) in [7, 11) is -3.73. The highest BCUT2D eigenvalue weighted by Crippen LogP contribution is 2.20. The largest absolute Gasteiger partial charge is 0.393 e. The number of likely N-dealkylation sites (tertiary alicyclic amines) is 1. The maximum Gasteiger partial charge on any atom is 0.261 e. The Morgan fingerprint density at radius 2 is 1.81 bits per heavy atom. The van der Waals surface area contributed by atoms with E-state index in [1.165, 1.54) is 12.1 Å². The first-order valence-corrected chi connectivity index (χ1v) is 10.5. The molecule has 0 radical (unpaired) electrons. The number of halogens is 1. The molecular weight excluding hydrogens is 388 g/mol. The zero-order valence-electron chi connectivity index (χ0n) is 14.6. The van der Waals surface area contributed by atoms with Crippen molar-refractivity contribution in [2.45, 2.75) is 30.3 Å². The minimum Gasteiger partial charge on any atom is -0.393 e. The number of nitrogens with zero attached hydrogens (tertiary/aromatic N) is 1. The Morgan fingerprint density at radius 1 is 1.15 bits per heavy atom. The van der Waals surface area contributed by atoms with Gasteiger partial charge < -0.3 is 10.0 Å². The number of sulfonamides is 1. The smallest absolute Gasteiger partial charge is 0.261 e. The average molecular weight is 409 g/mol. The summed E-state index contributed by atoms with van der Waals surface area (Å²) in [5.74, 6) is 0.00848. The minimum atomic E-state index is -3.73. The summed E-state index contributed by atoms with van der Waals surface area (Å²) < 4.78 is 27.3. The Labute approximate surface area is 163 Å². The zero-order chi connectivity index (χ0) is 19.4. The maximum absolute atomic E-state index is 12.4. The fraction of sp³-hybridized carbons (Fsp3) is 0.316. The number of aliphatic hydroxyl groups is 1. The van der Waals surface area contributed by atoms with E-state index in [1.54, 1.807) is 41.3 Å². The standard InChI is InChI=1S/C19H21ClN2O4S/c20-15-2-1-3-18(13-15)27(25,26)21-16-6-4-14(5-7-16)12-19(24)22-10-8-17(23)9-11-22/h1-7,13,17,21,23H,8-12H2. The van der Waals surface area contributed by atoms with Crippen molar-refractivity contribution in [2.75, 3.05) is 17.8 Å². The van der Waals surface area contributed by atoms with E-state index in [0.29, 0.717) is 36.6 Å². The fourth-order valence-electron chi connectivity index (χ4n) is 2.94. The van der Waals surface area contributed by atoms with Gasteiger partial charge in [-0.1, -0.05) is 29.8 Å². The number of anilines is 1. The van der Waals surface area contributed by atoms with Gasteiger partial charge in [-0.3, -0.25) is 9.52 Å². The predicted molar refractivity (Wildman–Crippen MR) is 104 cm³/mol. The van der Waals surface area contributed by atoms with E-state index >= 15 is 0 Å². The van der Waals surface area contributed by atoms with Crippen LogP contribution in [0.15, 0.2) is 53.4 Å². The Bertz CT molecular complexity index is 908. The Kier molecular flexibility index (Phi) is 6.04. The van der Waals surface area contributed by atoms with Crippen molar-refractivity contribution in [1.29, 1.82) is 0 Å². The van der Waals surface area contributed by atoms with Gasteiger partial charge in [-0.05, 0) is 48.7 Å². The number of aliphatic hydroxyl groups excluding tert-OH is 1. The van der Waals surface area contributed by atoms with Gasteiger partial charge in [-0.15, -0.1) is 0 Å². The molecule has 2 N–H and O–H groups in total. The number of carbonyl (C=O) groups is 1. The molecule has 0 unspecified atom stereocenters. The van der Waals surface area contributed by atoms with E-state index in [-0.39, 0.29) is 23.3 Å². The van der Waals surface area contributed by atoms with Crippen molar-refractivity contribution in [3.05, 3.63) is 59.1 Å². The van der Waals surface area contributed by atoms with Crippen LogP contribution >= 0.6 is 11.6 Å². The van der Waals surface area contributed by atoms with Crippen molar-refractivity contribution in [2.24, 2.45) is 0 Å². The normalized spacial score (nSPS) is 15.6. The molecule has 3 rings (SSSR count). The number of nitrogens with one attached hydrogen (secondary N) is 1. The molecule has 27 heavy (non-hydrogen) atoms. The molecule has 0 aromatic heterocycles. The summed E-state index contributed by atoms with van der Waals surface area (Å²) >= 11 is 5.85. The molecule has 6 nitrogen and oxygen atoms in total. The molecular formula is C19H21ClN2O4S. The lowest BCUT2D eigenvalue weighted by atomic mass is 10.1. The molecule has 0 aliphatic carbocycles. The van der Waals surface area contributed by atoms with Crippen LogP contribution in [0.25, 0.3) is 0 Å². The molecule has 1 fully saturated rings. The van der Waals surface area contributed by atoms with Crippen LogP contribution in [0.2, 0.25) is 5.02 Å². The van der Waals surface area contributed by atoms with E-state index in [1.807, 2.05) is 0 Å². The molecule has 1 aliphatic rings. The summed E-state index contributed by atoms with van der Waals surface area (Å²) in [5, 5.41) is 9.86.